The third-order valence-electron chi connectivity index (χ3n) is 8.36. The maximum absolute atomic E-state index is 14.0. The molecule has 1 aliphatic heterocycles. The molecule has 0 aliphatic carbocycles. The van der Waals surface area contributed by atoms with Crippen LogP contribution in [0.1, 0.15) is 74.2 Å². The van der Waals surface area contributed by atoms with Gasteiger partial charge in [0.15, 0.2) is 0 Å². The number of nitrogens with one attached hydrogen (secondary N) is 2. The summed E-state index contributed by atoms with van der Waals surface area (Å²) in [5.74, 6) is 0.357. The maximum atomic E-state index is 14.0. The van der Waals surface area contributed by atoms with Gasteiger partial charge >= 0.3 is 0 Å². The first kappa shape index (κ1) is 32.0. The number of rotatable bonds is 15. The topological polar surface area (TPSA) is 64.7 Å². The Hall–Kier alpha value is -2.93. The summed E-state index contributed by atoms with van der Waals surface area (Å²) in [6.07, 6.45) is 6.43. The lowest BCUT2D eigenvalue weighted by molar-refractivity contribution is -0.134. The van der Waals surface area contributed by atoms with Crippen molar-refractivity contribution in [1.29, 1.82) is 0 Å². The Morgan fingerprint density at radius 3 is 2.40 bits per heavy atom. The third-order valence-corrected chi connectivity index (χ3v) is 8.59. The SMILES string of the molecule is CCCN(C[C@H](CC)c1ccccc1)C(=O)[C@H](CCN1CCCCC1)NCCNC(=O)c1ccc2cc(Cl)ccc2c1. The smallest absolute Gasteiger partial charge is 0.251 e. The van der Waals surface area contributed by atoms with Gasteiger partial charge < -0.3 is 20.4 Å². The van der Waals surface area contributed by atoms with Crippen molar-refractivity contribution in [1.82, 2.24) is 20.4 Å². The van der Waals surface area contributed by atoms with Crippen LogP contribution in [-0.4, -0.2) is 73.5 Å². The third kappa shape index (κ3) is 9.29. The molecule has 0 bridgehead atoms. The fourth-order valence-electron chi connectivity index (χ4n) is 5.93. The second kappa shape index (κ2) is 16.6. The van der Waals surface area contributed by atoms with Crippen LogP contribution in [0.5, 0.6) is 0 Å². The number of carbonyl (C=O) groups excluding carboxylic acids is 2. The molecular weight excluding hydrogens is 544 g/mol. The predicted molar refractivity (Wildman–Crippen MR) is 174 cm³/mol. The van der Waals surface area contributed by atoms with E-state index in [1.807, 2.05) is 42.5 Å². The molecule has 42 heavy (non-hydrogen) atoms. The van der Waals surface area contributed by atoms with Crippen molar-refractivity contribution in [2.45, 2.75) is 64.3 Å². The minimum atomic E-state index is -0.283. The molecule has 1 saturated heterocycles. The lowest BCUT2D eigenvalue weighted by Crippen LogP contribution is -2.50. The largest absolute Gasteiger partial charge is 0.351 e. The van der Waals surface area contributed by atoms with Gasteiger partial charge in [0.05, 0.1) is 6.04 Å². The van der Waals surface area contributed by atoms with Crippen molar-refractivity contribution < 1.29 is 9.59 Å². The summed E-state index contributed by atoms with van der Waals surface area (Å²) in [6.45, 7) is 9.91. The molecule has 3 aromatic rings. The molecule has 0 saturated carbocycles. The average molecular weight is 591 g/mol. The molecule has 2 amide bonds. The van der Waals surface area contributed by atoms with E-state index in [2.05, 4.69) is 58.5 Å². The summed E-state index contributed by atoms with van der Waals surface area (Å²) in [6, 6.07) is 21.5. The Bertz CT molecular complexity index is 1280. The number of likely N-dealkylation sites (tertiary alicyclic amines) is 1. The molecule has 1 aliphatic rings. The summed E-state index contributed by atoms with van der Waals surface area (Å²) < 4.78 is 0. The molecule has 0 aromatic heterocycles. The number of carbonyl (C=O) groups is 2. The first-order valence-electron chi connectivity index (χ1n) is 15.8. The van der Waals surface area contributed by atoms with Gasteiger partial charge in [-0.2, -0.15) is 0 Å². The Morgan fingerprint density at radius 2 is 1.67 bits per heavy atom. The van der Waals surface area contributed by atoms with Gasteiger partial charge in [0.25, 0.3) is 5.91 Å². The Balaban J connectivity index is 1.38. The first-order chi connectivity index (χ1) is 20.5. The Labute approximate surface area is 256 Å². The van der Waals surface area contributed by atoms with Crippen molar-refractivity contribution in [2.75, 3.05) is 45.8 Å². The van der Waals surface area contributed by atoms with E-state index in [9.17, 15) is 9.59 Å². The number of fused-ring (bicyclic) bond motifs is 1. The quantitative estimate of drug-likeness (QED) is 0.199. The van der Waals surface area contributed by atoms with Gasteiger partial charge in [-0.05, 0) is 85.8 Å². The lowest BCUT2D eigenvalue weighted by Gasteiger charge is -2.33. The fraction of sp³-hybridized carbons (Fsp3) is 0.486. The number of hydrogen-bond acceptors (Lipinski definition) is 4. The van der Waals surface area contributed by atoms with E-state index in [1.54, 1.807) is 0 Å². The van der Waals surface area contributed by atoms with Gasteiger partial charge in [-0.1, -0.05) is 74.3 Å². The predicted octanol–water partition coefficient (Wildman–Crippen LogP) is 6.49. The van der Waals surface area contributed by atoms with Gasteiger partial charge in [0.1, 0.15) is 0 Å². The molecule has 4 rings (SSSR count). The molecule has 1 fully saturated rings. The van der Waals surface area contributed by atoms with Crippen LogP contribution in [0, 0.1) is 0 Å². The van der Waals surface area contributed by atoms with Crippen molar-refractivity contribution in [3.05, 3.63) is 82.9 Å². The van der Waals surface area contributed by atoms with Crippen molar-refractivity contribution in [3.8, 4) is 0 Å². The van der Waals surface area contributed by atoms with Crippen LogP contribution in [0.4, 0.5) is 0 Å². The number of amides is 2. The zero-order chi connectivity index (χ0) is 29.7. The zero-order valence-electron chi connectivity index (χ0n) is 25.3. The van der Waals surface area contributed by atoms with Gasteiger partial charge in [0, 0.05) is 49.2 Å². The molecular formula is C35H47ClN4O2. The molecule has 226 valence electrons. The lowest BCUT2D eigenvalue weighted by atomic mass is 9.95. The summed E-state index contributed by atoms with van der Waals surface area (Å²) >= 11 is 6.10. The van der Waals surface area contributed by atoms with E-state index in [1.165, 1.54) is 24.8 Å². The van der Waals surface area contributed by atoms with E-state index in [4.69, 9.17) is 11.6 Å². The summed E-state index contributed by atoms with van der Waals surface area (Å²) in [5.41, 5.74) is 1.90. The van der Waals surface area contributed by atoms with Crippen LogP contribution in [0.2, 0.25) is 5.02 Å². The monoisotopic (exact) mass is 590 g/mol. The van der Waals surface area contributed by atoms with E-state index in [-0.39, 0.29) is 17.9 Å². The van der Waals surface area contributed by atoms with Gasteiger partial charge in [-0.25, -0.2) is 0 Å². The molecule has 2 atom stereocenters. The van der Waals surface area contributed by atoms with Crippen LogP contribution in [-0.2, 0) is 4.79 Å². The van der Waals surface area contributed by atoms with Crippen LogP contribution in [0.3, 0.4) is 0 Å². The van der Waals surface area contributed by atoms with E-state index >= 15 is 0 Å². The van der Waals surface area contributed by atoms with Gasteiger partial charge in [0.2, 0.25) is 5.91 Å². The molecule has 2 N–H and O–H groups in total. The second-order valence-electron chi connectivity index (χ2n) is 11.5. The highest BCUT2D eigenvalue weighted by molar-refractivity contribution is 6.31. The number of hydrogen-bond donors (Lipinski definition) is 2. The van der Waals surface area contributed by atoms with Gasteiger partial charge in [-0.3, -0.25) is 9.59 Å². The van der Waals surface area contributed by atoms with E-state index in [0.717, 1.165) is 62.8 Å². The van der Waals surface area contributed by atoms with Crippen LogP contribution in [0.25, 0.3) is 10.8 Å². The minimum Gasteiger partial charge on any atom is -0.351 e. The Kier molecular flexibility index (Phi) is 12.7. The van der Waals surface area contributed by atoms with Crippen molar-refractivity contribution >= 4 is 34.2 Å². The van der Waals surface area contributed by atoms with Crippen LogP contribution >= 0.6 is 11.6 Å². The fourth-order valence-corrected chi connectivity index (χ4v) is 6.11. The average Bonchev–Trinajstić information content (AvgIpc) is 3.02. The molecule has 1 heterocycles. The van der Waals surface area contributed by atoms with Crippen molar-refractivity contribution in [3.63, 3.8) is 0 Å². The highest BCUT2D eigenvalue weighted by Gasteiger charge is 2.27. The van der Waals surface area contributed by atoms with Crippen molar-refractivity contribution in [2.24, 2.45) is 0 Å². The molecule has 0 radical (unpaired) electrons. The van der Waals surface area contributed by atoms with Crippen LogP contribution < -0.4 is 10.6 Å². The highest BCUT2D eigenvalue weighted by atomic mass is 35.5. The molecule has 7 heteroatoms. The zero-order valence-corrected chi connectivity index (χ0v) is 26.0. The summed E-state index contributed by atoms with van der Waals surface area (Å²) in [7, 11) is 0. The summed E-state index contributed by atoms with van der Waals surface area (Å²) in [4.78, 5) is 31.5. The number of nitrogens with zero attached hydrogens (tertiary/aromatic N) is 2. The molecule has 0 spiro atoms. The first-order valence-corrected chi connectivity index (χ1v) is 16.1. The highest BCUT2D eigenvalue weighted by Crippen LogP contribution is 2.22. The van der Waals surface area contributed by atoms with Gasteiger partial charge in [-0.15, -0.1) is 0 Å². The number of benzene rings is 3. The summed E-state index contributed by atoms with van der Waals surface area (Å²) in [5, 5.41) is 9.21. The standard InChI is InChI=1S/C35H47ClN4O2/c1-3-20-40(26-27(4-2)28-11-7-5-8-12-28)35(42)33(17-23-39-21-9-6-10-22-39)37-18-19-38-34(41)31-14-13-30-25-32(36)16-15-29(30)24-31/h5,7-8,11-16,24-25,27,33,37H,3-4,6,9-10,17-23,26H2,1-2H3,(H,38,41)/t27-,33-/m0/s1. The van der Waals surface area contributed by atoms with Crippen LogP contribution in [0.15, 0.2) is 66.7 Å². The molecule has 6 nitrogen and oxygen atoms in total. The maximum Gasteiger partial charge on any atom is 0.251 e. The number of piperidine rings is 1. The molecule has 3 aromatic carbocycles. The van der Waals surface area contributed by atoms with E-state index < -0.39 is 0 Å². The second-order valence-corrected chi connectivity index (χ2v) is 11.9. The van der Waals surface area contributed by atoms with E-state index in [0.29, 0.717) is 29.6 Å². The molecule has 0 unspecified atom stereocenters. The minimum absolute atomic E-state index is 0.119. The Morgan fingerprint density at radius 1 is 0.929 bits per heavy atom. The number of halogens is 1. The normalized spacial score (nSPS) is 15.3.